The van der Waals surface area contributed by atoms with Gasteiger partial charge in [0, 0.05) is 70.3 Å². The van der Waals surface area contributed by atoms with Crippen LogP contribution in [0.4, 0.5) is 0 Å². The summed E-state index contributed by atoms with van der Waals surface area (Å²) in [7, 11) is 3.98. The predicted octanol–water partition coefficient (Wildman–Crippen LogP) is 1.11. The maximum atomic E-state index is 4.28. The highest BCUT2D eigenvalue weighted by atomic mass is 15.3. The van der Waals surface area contributed by atoms with Crippen LogP contribution in [0.5, 0.6) is 0 Å². The van der Waals surface area contributed by atoms with Crippen LogP contribution in [0, 0.1) is 11.8 Å². The first-order valence-corrected chi connectivity index (χ1v) is 8.55. The highest BCUT2D eigenvalue weighted by molar-refractivity contribution is 5.06. The molecule has 0 radical (unpaired) electrons. The molecule has 0 saturated carbocycles. The summed E-state index contributed by atoms with van der Waals surface area (Å²) in [4.78, 5) is 5.21. The molecule has 0 aromatic carbocycles. The van der Waals surface area contributed by atoms with Crippen molar-refractivity contribution in [3.63, 3.8) is 0 Å². The largest absolute Gasteiger partial charge is 0.299 e. The predicted molar refractivity (Wildman–Crippen MR) is 88.6 cm³/mol. The summed E-state index contributed by atoms with van der Waals surface area (Å²) in [5.74, 6) is 1.69. The highest BCUT2D eigenvalue weighted by Crippen LogP contribution is 2.32. The van der Waals surface area contributed by atoms with E-state index in [-0.39, 0.29) is 0 Å². The first kappa shape index (κ1) is 14.9. The van der Waals surface area contributed by atoms with E-state index in [1.54, 1.807) is 0 Å². The van der Waals surface area contributed by atoms with Gasteiger partial charge in [-0.2, -0.15) is 10.2 Å². The molecule has 2 atom stereocenters. The van der Waals surface area contributed by atoms with E-state index in [1.807, 2.05) is 35.9 Å². The second-order valence-electron chi connectivity index (χ2n) is 7.28. The van der Waals surface area contributed by atoms with Gasteiger partial charge in [0.1, 0.15) is 0 Å². The minimum atomic E-state index is 0.817. The van der Waals surface area contributed by atoms with Gasteiger partial charge in [-0.1, -0.05) is 0 Å². The molecule has 6 nitrogen and oxygen atoms in total. The molecular weight excluding hydrogens is 288 g/mol. The molecule has 2 saturated heterocycles. The van der Waals surface area contributed by atoms with E-state index in [0.29, 0.717) is 0 Å². The zero-order chi connectivity index (χ0) is 15.8. The van der Waals surface area contributed by atoms with Gasteiger partial charge in [-0.15, -0.1) is 0 Å². The average molecular weight is 314 g/mol. The van der Waals surface area contributed by atoms with Gasteiger partial charge in [-0.25, -0.2) is 0 Å². The number of fused-ring (bicyclic) bond motifs is 1. The van der Waals surface area contributed by atoms with E-state index in [9.17, 15) is 0 Å². The van der Waals surface area contributed by atoms with Crippen LogP contribution in [0.3, 0.4) is 0 Å². The van der Waals surface area contributed by atoms with Gasteiger partial charge >= 0.3 is 0 Å². The number of hydrogen-bond acceptors (Lipinski definition) is 4. The van der Waals surface area contributed by atoms with E-state index in [1.165, 1.54) is 43.7 Å². The topological polar surface area (TPSA) is 42.1 Å². The minimum Gasteiger partial charge on any atom is -0.299 e. The summed E-state index contributed by atoms with van der Waals surface area (Å²) >= 11 is 0. The molecule has 2 aromatic rings. The highest BCUT2D eigenvalue weighted by Gasteiger charge is 2.36. The summed E-state index contributed by atoms with van der Waals surface area (Å²) < 4.78 is 3.79. The van der Waals surface area contributed by atoms with Crippen LogP contribution in [0.25, 0.3) is 0 Å². The lowest BCUT2D eigenvalue weighted by Crippen LogP contribution is -2.39. The van der Waals surface area contributed by atoms with Gasteiger partial charge in [-0.05, 0) is 24.8 Å². The van der Waals surface area contributed by atoms with Crippen molar-refractivity contribution in [2.75, 3.05) is 26.2 Å². The number of aromatic nitrogens is 4. The van der Waals surface area contributed by atoms with Crippen LogP contribution in [0.15, 0.2) is 24.8 Å². The van der Waals surface area contributed by atoms with Crippen LogP contribution >= 0.6 is 0 Å². The lowest BCUT2D eigenvalue weighted by Gasteiger charge is -2.34. The molecule has 0 spiro atoms. The van der Waals surface area contributed by atoms with Gasteiger partial charge in [0.25, 0.3) is 0 Å². The molecule has 0 bridgehead atoms. The number of rotatable bonds is 4. The number of nitrogens with zero attached hydrogens (tertiary/aromatic N) is 6. The van der Waals surface area contributed by atoms with Crippen molar-refractivity contribution in [2.45, 2.75) is 19.5 Å². The van der Waals surface area contributed by atoms with E-state index in [2.05, 4.69) is 32.4 Å². The Hall–Kier alpha value is -1.66. The Kier molecular flexibility index (Phi) is 3.95. The normalized spacial score (nSPS) is 25.8. The Morgan fingerprint density at radius 2 is 1.43 bits per heavy atom. The molecule has 23 heavy (non-hydrogen) atoms. The van der Waals surface area contributed by atoms with Gasteiger partial charge in [0.2, 0.25) is 0 Å². The summed E-state index contributed by atoms with van der Waals surface area (Å²) in [6.07, 6.45) is 9.59. The molecule has 0 N–H and O–H groups in total. The Morgan fingerprint density at radius 1 is 0.870 bits per heavy atom. The third kappa shape index (κ3) is 3.33. The molecule has 4 rings (SSSR count). The van der Waals surface area contributed by atoms with Crippen molar-refractivity contribution >= 4 is 0 Å². The number of likely N-dealkylation sites (tertiary alicyclic amines) is 2. The SMILES string of the molecule is Cn1cc(CN2CC[C@H]3CN(Cc4cnn(C)c4)C[C@@H]3C2)cn1. The van der Waals surface area contributed by atoms with E-state index >= 15 is 0 Å². The van der Waals surface area contributed by atoms with Crippen molar-refractivity contribution in [2.24, 2.45) is 25.9 Å². The third-order valence-electron chi connectivity index (χ3n) is 5.29. The van der Waals surface area contributed by atoms with Gasteiger partial charge < -0.3 is 0 Å². The maximum Gasteiger partial charge on any atom is 0.0534 e. The molecule has 2 aliphatic heterocycles. The van der Waals surface area contributed by atoms with Crippen molar-refractivity contribution in [1.29, 1.82) is 0 Å². The van der Waals surface area contributed by atoms with Crippen molar-refractivity contribution in [3.05, 3.63) is 35.9 Å². The first-order chi connectivity index (χ1) is 11.2. The molecule has 2 aromatic heterocycles. The van der Waals surface area contributed by atoms with Crippen LogP contribution in [-0.4, -0.2) is 55.5 Å². The maximum absolute atomic E-state index is 4.28. The lowest BCUT2D eigenvalue weighted by atomic mass is 9.88. The second kappa shape index (κ2) is 6.09. The quantitative estimate of drug-likeness (QED) is 0.848. The van der Waals surface area contributed by atoms with Crippen LogP contribution in [-0.2, 0) is 27.2 Å². The number of hydrogen-bond donors (Lipinski definition) is 0. The van der Waals surface area contributed by atoms with Crippen LogP contribution in [0.2, 0.25) is 0 Å². The van der Waals surface area contributed by atoms with Crippen LogP contribution < -0.4 is 0 Å². The third-order valence-corrected chi connectivity index (χ3v) is 5.29. The molecule has 0 aliphatic carbocycles. The zero-order valence-corrected chi connectivity index (χ0v) is 14.1. The molecule has 4 heterocycles. The zero-order valence-electron chi connectivity index (χ0n) is 14.1. The Balaban J connectivity index is 1.33. The van der Waals surface area contributed by atoms with Crippen LogP contribution in [0.1, 0.15) is 17.5 Å². The Morgan fingerprint density at radius 3 is 2.04 bits per heavy atom. The second-order valence-corrected chi connectivity index (χ2v) is 7.28. The molecule has 2 fully saturated rings. The molecule has 6 heteroatoms. The summed E-state index contributed by atoms with van der Waals surface area (Å²) in [5, 5.41) is 8.57. The van der Waals surface area contributed by atoms with Gasteiger partial charge in [-0.3, -0.25) is 19.2 Å². The Bertz CT molecular complexity index is 619. The van der Waals surface area contributed by atoms with E-state index < -0.39 is 0 Å². The van der Waals surface area contributed by atoms with Crippen molar-refractivity contribution < 1.29 is 0 Å². The minimum absolute atomic E-state index is 0.817. The van der Waals surface area contributed by atoms with Gasteiger partial charge in [0.05, 0.1) is 12.4 Å². The first-order valence-electron chi connectivity index (χ1n) is 8.55. The summed E-state index contributed by atoms with van der Waals surface area (Å²) in [6.45, 7) is 7.01. The Labute approximate surface area is 137 Å². The molecule has 0 unspecified atom stereocenters. The number of piperidine rings is 1. The van der Waals surface area contributed by atoms with Crippen molar-refractivity contribution in [3.8, 4) is 0 Å². The molecule has 0 amide bonds. The van der Waals surface area contributed by atoms with E-state index in [4.69, 9.17) is 0 Å². The molecule has 124 valence electrons. The fourth-order valence-corrected chi connectivity index (χ4v) is 4.24. The molecular formula is C17H26N6. The smallest absolute Gasteiger partial charge is 0.0534 e. The monoisotopic (exact) mass is 314 g/mol. The van der Waals surface area contributed by atoms with Gasteiger partial charge in [0.15, 0.2) is 0 Å². The molecule has 2 aliphatic rings. The fraction of sp³-hybridized carbons (Fsp3) is 0.647. The standard InChI is InChI=1S/C17H26N6/c1-20-7-14(5-18-20)9-22-4-3-16-11-23(13-17(16)12-22)10-15-6-19-21(2)8-15/h5-8,16-17H,3-4,9-13H2,1-2H3/t16-,17-/m0/s1. The van der Waals surface area contributed by atoms with E-state index in [0.717, 1.165) is 24.9 Å². The number of aryl methyl sites for hydroxylation is 2. The van der Waals surface area contributed by atoms with Crippen molar-refractivity contribution in [1.82, 2.24) is 29.4 Å². The summed E-state index contributed by atoms with van der Waals surface area (Å²) in [5.41, 5.74) is 2.66. The average Bonchev–Trinajstić information content (AvgIpc) is 3.20. The lowest BCUT2D eigenvalue weighted by molar-refractivity contribution is 0.142. The summed E-state index contributed by atoms with van der Waals surface area (Å²) in [6, 6.07) is 0. The fourth-order valence-electron chi connectivity index (χ4n) is 4.24.